The molecule has 0 aliphatic carbocycles. The van der Waals surface area contributed by atoms with Crippen LogP contribution in [0, 0.1) is 6.92 Å². The fraction of sp³-hybridized carbons (Fsp3) is 0.200. The van der Waals surface area contributed by atoms with Crippen molar-refractivity contribution in [2.75, 3.05) is 0 Å². The highest BCUT2D eigenvalue weighted by Gasteiger charge is 1.99. The van der Waals surface area contributed by atoms with E-state index in [2.05, 4.69) is 30.3 Å². The Balaban J connectivity index is 2.03. The normalized spacial score (nSPS) is 10.3. The predicted molar refractivity (Wildman–Crippen MR) is 66.7 cm³/mol. The summed E-state index contributed by atoms with van der Waals surface area (Å²) in [4.78, 5) is 0. The van der Waals surface area contributed by atoms with Crippen molar-refractivity contribution in [3.05, 3.63) is 65.2 Å². The Hall–Kier alpha value is -1.76. The topological polar surface area (TPSA) is 20.2 Å². The summed E-state index contributed by atoms with van der Waals surface area (Å²) in [7, 11) is 0. The Bertz CT molecular complexity index is 460. The van der Waals surface area contributed by atoms with Crippen LogP contribution in [0.15, 0.2) is 48.5 Å². The average molecular weight is 212 g/mol. The first-order valence-electron chi connectivity index (χ1n) is 5.58. The summed E-state index contributed by atoms with van der Waals surface area (Å²) < 4.78 is 0. The molecule has 0 aromatic heterocycles. The Morgan fingerprint density at radius 3 is 2.25 bits per heavy atom. The standard InChI is InChI=1S/C15H16O/c1-12-7-8-14(11-15(12)16)10-9-13-5-3-2-4-6-13/h2-8,11,16H,9-10H2,1H3. The molecule has 0 saturated heterocycles. The predicted octanol–water partition coefficient (Wildman–Crippen LogP) is 3.49. The van der Waals surface area contributed by atoms with Crippen LogP contribution in [-0.4, -0.2) is 5.11 Å². The van der Waals surface area contributed by atoms with Crippen LogP contribution < -0.4 is 0 Å². The maximum atomic E-state index is 9.60. The molecule has 16 heavy (non-hydrogen) atoms. The van der Waals surface area contributed by atoms with Gasteiger partial charge in [-0.25, -0.2) is 0 Å². The lowest BCUT2D eigenvalue weighted by Crippen LogP contribution is -1.91. The summed E-state index contributed by atoms with van der Waals surface area (Å²) >= 11 is 0. The van der Waals surface area contributed by atoms with Gasteiger partial charge in [-0.2, -0.15) is 0 Å². The number of hydrogen-bond donors (Lipinski definition) is 1. The second kappa shape index (κ2) is 4.84. The molecule has 2 aromatic rings. The zero-order valence-electron chi connectivity index (χ0n) is 9.48. The molecular weight excluding hydrogens is 196 g/mol. The highest BCUT2D eigenvalue weighted by molar-refractivity contribution is 5.35. The van der Waals surface area contributed by atoms with E-state index in [-0.39, 0.29) is 0 Å². The first kappa shape index (κ1) is 10.7. The van der Waals surface area contributed by atoms with Crippen LogP contribution in [0.1, 0.15) is 16.7 Å². The Kier molecular flexibility index (Phi) is 3.25. The van der Waals surface area contributed by atoms with Crippen LogP contribution in [-0.2, 0) is 12.8 Å². The zero-order valence-corrected chi connectivity index (χ0v) is 9.48. The summed E-state index contributed by atoms with van der Waals surface area (Å²) in [5.41, 5.74) is 3.46. The largest absolute Gasteiger partial charge is 0.508 e. The van der Waals surface area contributed by atoms with Crippen molar-refractivity contribution in [2.45, 2.75) is 19.8 Å². The van der Waals surface area contributed by atoms with Crippen LogP contribution in [0.4, 0.5) is 0 Å². The minimum absolute atomic E-state index is 0.394. The lowest BCUT2D eigenvalue weighted by Gasteiger charge is -2.04. The van der Waals surface area contributed by atoms with Crippen LogP contribution in [0.5, 0.6) is 5.75 Å². The number of hydrogen-bond acceptors (Lipinski definition) is 1. The maximum Gasteiger partial charge on any atom is 0.118 e. The third kappa shape index (κ3) is 2.63. The second-order valence-electron chi connectivity index (χ2n) is 4.11. The van der Waals surface area contributed by atoms with Crippen molar-refractivity contribution in [3.63, 3.8) is 0 Å². The van der Waals surface area contributed by atoms with Gasteiger partial charge in [0, 0.05) is 0 Å². The van der Waals surface area contributed by atoms with Crippen molar-refractivity contribution in [3.8, 4) is 5.75 Å². The number of aryl methyl sites for hydroxylation is 3. The number of phenolic OH excluding ortho intramolecular Hbond substituents is 1. The molecule has 0 bridgehead atoms. The lowest BCUT2D eigenvalue weighted by atomic mass is 10.0. The quantitative estimate of drug-likeness (QED) is 0.825. The molecule has 0 aliphatic rings. The molecule has 1 nitrogen and oxygen atoms in total. The number of rotatable bonds is 3. The minimum Gasteiger partial charge on any atom is -0.508 e. The smallest absolute Gasteiger partial charge is 0.118 e. The van der Waals surface area contributed by atoms with E-state index < -0.39 is 0 Å². The molecule has 0 heterocycles. The highest BCUT2D eigenvalue weighted by Crippen LogP contribution is 2.18. The fourth-order valence-electron chi connectivity index (χ4n) is 1.74. The van der Waals surface area contributed by atoms with Crippen LogP contribution >= 0.6 is 0 Å². The van der Waals surface area contributed by atoms with Gasteiger partial charge in [0.1, 0.15) is 5.75 Å². The average Bonchev–Trinajstić information content (AvgIpc) is 2.32. The Morgan fingerprint density at radius 1 is 0.875 bits per heavy atom. The van der Waals surface area contributed by atoms with E-state index in [1.54, 1.807) is 0 Å². The lowest BCUT2D eigenvalue weighted by molar-refractivity contribution is 0.470. The molecule has 1 N–H and O–H groups in total. The SMILES string of the molecule is Cc1ccc(CCc2ccccc2)cc1O. The summed E-state index contributed by atoms with van der Waals surface area (Å²) in [6, 6.07) is 16.3. The second-order valence-corrected chi connectivity index (χ2v) is 4.11. The van der Waals surface area contributed by atoms with E-state index in [1.165, 1.54) is 11.1 Å². The van der Waals surface area contributed by atoms with Crippen LogP contribution in [0.3, 0.4) is 0 Å². The molecule has 2 aromatic carbocycles. The molecule has 0 fully saturated rings. The first-order chi connectivity index (χ1) is 7.75. The molecule has 0 amide bonds. The van der Waals surface area contributed by atoms with Crippen molar-refractivity contribution >= 4 is 0 Å². The Morgan fingerprint density at radius 2 is 1.56 bits per heavy atom. The Labute approximate surface area is 96.4 Å². The maximum absolute atomic E-state index is 9.60. The van der Waals surface area contributed by atoms with Gasteiger partial charge in [0.25, 0.3) is 0 Å². The summed E-state index contributed by atoms with van der Waals surface area (Å²) in [5.74, 6) is 0.394. The molecule has 2 rings (SSSR count). The molecule has 0 atom stereocenters. The van der Waals surface area contributed by atoms with Gasteiger partial charge < -0.3 is 5.11 Å². The van der Waals surface area contributed by atoms with Crippen molar-refractivity contribution in [1.29, 1.82) is 0 Å². The molecule has 1 heteroatoms. The van der Waals surface area contributed by atoms with E-state index >= 15 is 0 Å². The third-order valence-electron chi connectivity index (χ3n) is 2.82. The van der Waals surface area contributed by atoms with Gasteiger partial charge in [-0.15, -0.1) is 0 Å². The summed E-state index contributed by atoms with van der Waals surface area (Å²) in [6.45, 7) is 1.91. The van der Waals surface area contributed by atoms with Gasteiger partial charge in [-0.1, -0.05) is 42.5 Å². The number of aromatic hydroxyl groups is 1. The van der Waals surface area contributed by atoms with E-state index in [0.29, 0.717) is 5.75 Å². The zero-order chi connectivity index (χ0) is 11.4. The van der Waals surface area contributed by atoms with E-state index in [1.807, 2.05) is 25.1 Å². The molecule has 0 aliphatic heterocycles. The third-order valence-corrected chi connectivity index (χ3v) is 2.82. The molecule has 0 radical (unpaired) electrons. The van der Waals surface area contributed by atoms with Gasteiger partial charge in [0.2, 0.25) is 0 Å². The highest BCUT2D eigenvalue weighted by atomic mass is 16.3. The van der Waals surface area contributed by atoms with Crippen LogP contribution in [0.25, 0.3) is 0 Å². The van der Waals surface area contributed by atoms with E-state index in [9.17, 15) is 5.11 Å². The van der Waals surface area contributed by atoms with Crippen molar-refractivity contribution in [1.82, 2.24) is 0 Å². The van der Waals surface area contributed by atoms with E-state index in [4.69, 9.17) is 0 Å². The number of benzene rings is 2. The molecular formula is C15H16O. The molecule has 0 saturated carbocycles. The molecule has 0 unspecified atom stereocenters. The molecule has 0 spiro atoms. The fourth-order valence-corrected chi connectivity index (χ4v) is 1.74. The van der Waals surface area contributed by atoms with Crippen LogP contribution in [0.2, 0.25) is 0 Å². The summed E-state index contributed by atoms with van der Waals surface area (Å²) in [6.07, 6.45) is 1.99. The minimum atomic E-state index is 0.394. The number of phenols is 1. The first-order valence-corrected chi connectivity index (χ1v) is 5.58. The van der Waals surface area contributed by atoms with Gasteiger partial charge >= 0.3 is 0 Å². The monoisotopic (exact) mass is 212 g/mol. The van der Waals surface area contributed by atoms with Crippen molar-refractivity contribution in [2.24, 2.45) is 0 Å². The van der Waals surface area contributed by atoms with E-state index in [0.717, 1.165) is 18.4 Å². The molecule has 82 valence electrons. The van der Waals surface area contributed by atoms with Gasteiger partial charge in [0.15, 0.2) is 0 Å². The van der Waals surface area contributed by atoms with Crippen molar-refractivity contribution < 1.29 is 5.11 Å². The summed E-state index contributed by atoms with van der Waals surface area (Å²) in [5, 5.41) is 9.60. The van der Waals surface area contributed by atoms with Gasteiger partial charge in [0.05, 0.1) is 0 Å². The van der Waals surface area contributed by atoms with Gasteiger partial charge in [-0.3, -0.25) is 0 Å². The van der Waals surface area contributed by atoms with Gasteiger partial charge in [-0.05, 0) is 42.5 Å².